The molecular weight excluding hydrogens is 331 g/mol. The minimum atomic E-state index is -0.507. The van der Waals surface area contributed by atoms with Gasteiger partial charge in [-0.2, -0.15) is 0 Å². The van der Waals surface area contributed by atoms with Crippen LogP contribution in [0.1, 0.15) is 22.8 Å². The summed E-state index contributed by atoms with van der Waals surface area (Å²) in [4.78, 5) is 26.7. The number of anilines is 1. The Hall–Kier alpha value is -2.66. The summed E-state index contributed by atoms with van der Waals surface area (Å²) < 4.78 is 13.1. The van der Waals surface area contributed by atoms with Crippen LogP contribution in [-0.4, -0.2) is 10.9 Å². The maximum absolute atomic E-state index is 13.1. The van der Waals surface area contributed by atoms with Gasteiger partial charge >= 0.3 is 0 Å². The average molecular weight is 345 g/mol. The maximum atomic E-state index is 13.1. The number of carbonyl (C=O) groups excluding carboxylic acids is 1. The molecule has 0 aliphatic rings. The summed E-state index contributed by atoms with van der Waals surface area (Å²) in [6.07, 6.45) is 0.733. The number of pyridine rings is 1. The lowest BCUT2D eigenvalue weighted by molar-refractivity contribution is 0.102. The minimum Gasteiger partial charge on any atom is -0.322 e. The largest absolute Gasteiger partial charge is 0.322 e. The highest BCUT2D eigenvalue weighted by Gasteiger charge is 2.12. The second kappa shape index (κ2) is 6.45. The molecular formula is C18H14ClFN2O2. The van der Waals surface area contributed by atoms with Crippen molar-refractivity contribution in [2.45, 2.75) is 13.3 Å². The SMILES string of the molecule is CCc1cc(=O)[nH]c2cc(NC(=O)c3ccc(F)cc3Cl)ccc12. The number of halogens is 2. The zero-order chi connectivity index (χ0) is 17.3. The van der Waals surface area contributed by atoms with Gasteiger partial charge in [-0.15, -0.1) is 0 Å². The first-order valence-corrected chi connectivity index (χ1v) is 7.78. The number of aryl methyl sites for hydroxylation is 1. The van der Waals surface area contributed by atoms with Gasteiger partial charge in [-0.3, -0.25) is 9.59 Å². The van der Waals surface area contributed by atoms with Crippen LogP contribution in [0.4, 0.5) is 10.1 Å². The third-order valence-electron chi connectivity index (χ3n) is 3.74. The van der Waals surface area contributed by atoms with Gasteiger partial charge in [-0.25, -0.2) is 4.39 Å². The highest BCUT2D eigenvalue weighted by atomic mass is 35.5. The normalized spacial score (nSPS) is 10.8. The molecule has 0 unspecified atom stereocenters. The van der Waals surface area contributed by atoms with Crippen LogP contribution in [0.2, 0.25) is 5.02 Å². The predicted molar refractivity (Wildman–Crippen MR) is 93.3 cm³/mol. The van der Waals surface area contributed by atoms with E-state index in [9.17, 15) is 14.0 Å². The molecule has 24 heavy (non-hydrogen) atoms. The summed E-state index contributed by atoms with van der Waals surface area (Å²) in [5.41, 5.74) is 2.07. The molecule has 0 saturated carbocycles. The topological polar surface area (TPSA) is 62.0 Å². The Bertz CT molecular complexity index is 998. The van der Waals surface area contributed by atoms with E-state index < -0.39 is 11.7 Å². The predicted octanol–water partition coefficient (Wildman–Crippen LogP) is 4.14. The van der Waals surface area contributed by atoms with E-state index in [2.05, 4.69) is 10.3 Å². The molecule has 122 valence electrons. The Morgan fingerprint density at radius 2 is 2.00 bits per heavy atom. The third-order valence-corrected chi connectivity index (χ3v) is 4.06. The lowest BCUT2D eigenvalue weighted by atomic mass is 10.1. The van der Waals surface area contributed by atoms with Crippen molar-refractivity contribution >= 4 is 34.1 Å². The number of aromatic nitrogens is 1. The third kappa shape index (κ3) is 3.16. The van der Waals surface area contributed by atoms with Crippen molar-refractivity contribution in [3.8, 4) is 0 Å². The smallest absolute Gasteiger partial charge is 0.257 e. The van der Waals surface area contributed by atoms with Crippen molar-refractivity contribution in [3.05, 3.63) is 74.8 Å². The number of amides is 1. The molecule has 0 aliphatic carbocycles. The van der Waals surface area contributed by atoms with Crippen LogP contribution in [0.5, 0.6) is 0 Å². The molecule has 0 spiro atoms. The standard InChI is InChI=1S/C18H14ClFN2O2/c1-2-10-7-17(23)22-16-9-12(4-6-13(10)16)21-18(24)14-5-3-11(20)8-15(14)19/h3-9H,2H2,1H3,(H,21,24)(H,22,23). The van der Waals surface area contributed by atoms with Crippen LogP contribution in [0, 0.1) is 5.82 Å². The monoisotopic (exact) mass is 344 g/mol. The van der Waals surface area contributed by atoms with E-state index in [1.54, 1.807) is 18.2 Å². The van der Waals surface area contributed by atoms with Gasteiger partial charge in [0.05, 0.1) is 16.1 Å². The number of benzene rings is 2. The van der Waals surface area contributed by atoms with E-state index in [4.69, 9.17) is 11.6 Å². The first kappa shape index (κ1) is 16.2. The van der Waals surface area contributed by atoms with E-state index in [-0.39, 0.29) is 16.1 Å². The number of rotatable bonds is 3. The molecule has 2 aromatic carbocycles. The lowest BCUT2D eigenvalue weighted by Gasteiger charge is -2.09. The number of aromatic amines is 1. The number of H-pyrrole nitrogens is 1. The van der Waals surface area contributed by atoms with Crippen LogP contribution in [0.15, 0.2) is 47.3 Å². The van der Waals surface area contributed by atoms with Crippen molar-refractivity contribution in [2.75, 3.05) is 5.32 Å². The fraction of sp³-hybridized carbons (Fsp3) is 0.111. The summed E-state index contributed by atoms with van der Waals surface area (Å²) >= 11 is 5.90. The Kier molecular flexibility index (Phi) is 4.36. The Morgan fingerprint density at radius 1 is 1.21 bits per heavy atom. The van der Waals surface area contributed by atoms with Gasteiger partial charge in [0.1, 0.15) is 5.82 Å². The van der Waals surface area contributed by atoms with Crippen molar-refractivity contribution in [3.63, 3.8) is 0 Å². The second-order valence-corrected chi connectivity index (χ2v) is 5.76. The molecule has 0 radical (unpaired) electrons. The van der Waals surface area contributed by atoms with E-state index in [0.29, 0.717) is 11.2 Å². The quantitative estimate of drug-likeness (QED) is 0.750. The maximum Gasteiger partial charge on any atom is 0.257 e. The second-order valence-electron chi connectivity index (χ2n) is 5.35. The van der Waals surface area contributed by atoms with Gasteiger partial charge in [0.15, 0.2) is 0 Å². The summed E-state index contributed by atoms with van der Waals surface area (Å²) in [6, 6.07) is 10.4. The first-order valence-electron chi connectivity index (χ1n) is 7.40. The molecule has 1 heterocycles. The molecule has 0 fully saturated rings. The van der Waals surface area contributed by atoms with E-state index >= 15 is 0 Å². The molecule has 2 N–H and O–H groups in total. The van der Waals surface area contributed by atoms with Gasteiger partial charge in [0.25, 0.3) is 5.91 Å². The van der Waals surface area contributed by atoms with Crippen molar-refractivity contribution < 1.29 is 9.18 Å². The minimum absolute atomic E-state index is 0.0370. The van der Waals surface area contributed by atoms with Gasteiger partial charge in [0.2, 0.25) is 5.56 Å². The van der Waals surface area contributed by atoms with Gasteiger partial charge in [0, 0.05) is 17.1 Å². The molecule has 0 bridgehead atoms. The molecule has 4 nitrogen and oxygen atoms in total. The van der Waals surface area contributed by atoms with Gasteiger partial charge in [-0.1, -0.05) is 24.6 Å². The van der Waals surface area contributed by atoms with Crippen LogP contribution >= 0.6 is 11.6 Å². The molecule has 0 aliphatic heterocycles. The van der Waals surface area contributed by atoms with Gasteiger partial charge < -0.3 is 10.3 Å². The molecule has 6 heteroatoms. The summed E-state index contributed by atoms with van der Waals surface area (Å²) in [7, 11) is 0. The van der Waals surface area contributed by atoms with Crippen LogP contribution < -0.4 is 10.9 Å². The molecule has 3 rings (SSSR count). The molecule has 1 amide bonds. The average Bonchev–Trinajstić information content (AvgIpc) is 2.53. The van der Waals surface area contributed by atoms with E-state index in [1.165, 1.54) is 12.1 Å². The fourth-order valence-corrected chi connectivity index (χ4v) is 2.83. The molecule has 0 saturated heterocycles. The number of nitrogens with one attached hydrogen (secondary N) is 2. The summed E-state index contributed by atoms with van der Waals surface area (Å²) in [6.45, 7) is 1.97. The Balaban J connectivity index is 1.95. The number of fused-ring (bicyclic) bond motifs is 1. The summed E-state index contributed by atoms with van der Waals surface area (Å²) in [5, 5.41) is 3.66. The van der Waals surface area contributed by atoms with Crippen molar-refractivity contribution in [1.82, 2.24) is 4.98 Å². The Labute approximate surface area is 142 Å². The summed E-state index contributed by atoms with van der Waals surface area (Å²) in [5.74, 6) is -0.958. The molecule has 3 aromatic rings. The molecule has 0 atom stereocenters. The van der Waals surface area contributed by atoms with Crippen molar-refractivity contribution in [2.24, 2.45) is 0 Å². The number of carbonyl (C=O) groups is 1. The van der Waals surface area contributed by atoms with Crippen LogP contribution in [0.3, 0.4) is 0 Å². The van der Waals surface area contributed by atoms with E-state index in [0.717, 1.165) is 23.4 Å². The highest BCUT2D eigenvalue weighted by Crippen LogP contribution is 2.22. The van der Waals surface area contributed by atoms with Crippen LogP contribution in [-0.2, 0) is 6.42 Å². The lowest BCUT2D eigenvalue weighted by Crippen LogP contribution is -2.13. The first-order chi connectivity index (χ1) is 11.5. The Morgan fingerprint density at radius 3 is 2.71 bits per heavy atom. The van der Waals surface area contributed by atoms with E-state index in [1.807, 2.05) is 13.0 Å². The zero-order valence-corrected chi connectivity index (χ0v) is 13.6. The zero-order valence-electron chi connectivity index (χ0n) is 12.8. The molecule has 1 aromatic heterocycles. The number of hydrogen-bond donors (Lipinski definition) is 2. The van der Waals surface area contributed by atoms with Gasteiger partial charge in [-0.05, 0) is 42.3 Å². The fourth-order valence-electron chi connectivity index (χ4n) is 2.57. The highest BCUT2D eigenvalue weighted by molar-refractivity contribution is 6.34. The van der Waals surface area contributed by atoms with Crippen molar-refractivity contribution in [1.29, 1.82) is 0 Å². The van der Waals surface area contributed by atoms with Crippen LogP contribution in [0.25, 0.3) is 10.9 Å². The number of hydrogen-bond acceptors (Lipinski definition) is 2.